The summed E-state index contributed by atoms with van der Waals surface area (Å²) in [6, 6.07) is 10.2. The Morgan fingerprint density at radius 2 is 1.68 bits per heavy atom. The second-order valence-electron chi connectivity index (χ2n) is 3.67. The number of hydrogen-bond acceptors (Lipinski definition) is 3. The van der Waals surface area contributed by atoms with Gasteiger partial charge in [-0.2, -0.15) is 0 Å². The van der Waals surface area contributed by atoms with E-state index in [1.807, 2.05) is 0 Å². The van der Waals surface area contributed by atoms with Gasteiger partial charge < -0.3 is 5.11 Å². The van der Waals surface area contributed by atoms with Gasteiger partial charge in [0.1, 0.15) is 10.6 Å². The van der Waals surface area contributed by atoms with Crippen LogP contribution in [0.4, 0.5) is 5.69 Å². The summed E-state index contributed by atoms with van der Waals surface area (Å²) in [5.74, 6) is -0.340. The second-order valence-corrected chi connectivity index (χ2v) is 6.11. The van der Waals surface area contributed by atoms with E-state index in [1.165, 1.54) is 30.3 Å². The summed E-state index contributed by atoms with van der Waals surface area (Å²) in [5, 5.41) is 9.91. The molecule has 0 bridgehead atoms. The summed E-state index contributed by atoms with van der Waals surface area (Å²) in [4.78, 5) is -0.231. The molecule has 0 aliphatic heterocycles. The van der Waals surface area contributed by atoms with Crippen molar-refractivity contribution in [2.75, 3.05) is 4.72 Å². The van der Waals surface area contributed by atoms with E-state index >= 15 is 0 Å². The second kappa shape index (κ2) is 5.28. The van der Waals surface area contributed by atoms with Gasteiger partial charge >= 0.3 is 0 Å². The lowest BCUT2D eigenvalue weighted by Crippen LogP contribution is -2.13. The molecule has 0 saturated carbocycles. The van der Waals surface area contributed by atoms with E-state index < -0.39 is 10.0 Å². The molecule has 0 saturated heterocycles. The first-order valence-corrected chi connectivity index (χ1v) is 7.40. The van der Waals surface area contributed by atoms with E-state index in [-0.39, 0.29) is 26.4 Å². The Morgan fingerprint density at radius 3 is 2.37 bits per heavy atom. The molecule has 0 atom stereocenters. The molecule has 7 heteroatoms. The van der Waals surface area contributed by atoms with Crippen molar-refractivity contribution in [2.24, 2.45) is 0 Å². The van der Waals surface area contributed by atoms with Crippen LogP contribution in [0.2, 0.25) is 10.0 Å². The molecule has 0 amide bonds. The monoisotopic (exact) mass is 317 g/mol. The summed E-state index contributed by atoms with van der Waals surface area (Å²) in [7, 11) is -3.93. The first-order chi connectivity index (χ1) is 8.92. The maximum absolute atomic E-state index is 12.1. The fourth-order valence-electron chi connectivity index (χ4n) is 1.47. The molecule has 0 heterocycles. The highest BCUT2D eigenvalue weighted by Gasteiger charge is 2.19. The van der Waals surface area contributed by atoms with Crippen LogP contribution in [-0.4, -0.2) is 13.5 Å². The predicted molar refractivity (Wildman–Crippen MR) is 75.4 cm³/mol. The van der Waals surface area contributed by atoms with Gasteiger partial charge in [-0.15, -0.1) is 0 Å². The molecular weight excluding hydrogens is 309 g/mol. The molecule has 100 valence electrons. The third-order valence-electron chi connectivity index (χ3n) is 2.35. The van der Waals surface area contributed by atoms with Crippen LogP contribution >= 0.6 is 23.2 Å². The summed E-state index contributed by atoms with van der Waals surface area (Å²) in [6.07, 6.45) is 0. The van der Waals surface area contributed by atoms with Gasteiger partial charge in [-0.05, 0) is 24.3 Å². The summed E-state index contributed by atoms with van der Waals surface area (Å²) in [5.41, 5.74) is 0.150. The number of aromatic hydroxyl groups is 1. The van der Waals surface area contributed by atoms with Crippen LogP contribution < -0.4 is 4.72 Å². The molecule has 0 unspecified atom stereocenters. The fraction of sp³-hybridized carbons (Fsp3) is 0. The number of phenolic OH excluding ortho intramolecular Hbond substituents is 1. The van der Waals surface area contributed by atoms with E-state index in [1.54, 1.807) is 12.1 Å². The highest BCUT2D eigenvalue weighted by molar-refractivity contribution is 7.92. The summed E-state index contributed by atoms with van der Waals surface area (Å²) < 4.78 is 26.5. The summed E-state index contributed by atoms with van der Waals surface area (Å²) >= 11 is 11.7. The Labute approximate surface area is 120 Å². The Morgan fingerprint density at radius 1 is 1.00 bits per heavy atom. The van der Waals surface area contributed by atoms with Crippen molar-refractivity contribution in [3.8, 4) is 5.75 Å². The van der Waals surface area contributed by atoms with Gasteiger partial charge in [0, 0.05) is 0 Å². The zero-order chi connectivity index (χ0) is 14.0. The van der Waals surface area contributed by atoms with Gasteiger partial charge in [0.05, 0.1) is 15.7 Å². The molecule has 0 radical (unpaired) electrons. The topological polar surface area (TPSA) is 66.4 Å². The van der Waals surface area contributed by atoms with Gasteiger partial charge in [0.25, 0.3) is 10.0 Å². The lowest BCUT2D eigenvalue weighted by molar-refractivity contribution is 0.459. The molecule has 4 nitrogen and oxygen atoms in total. The highest BCUT2D eigenvalue weighted by Crippen LogP contribution is 2.32. The van der Waals surface area contributed by atoms with Crippen LogP contribution in [0.1, 0.15) is 0 Å². The quantitative estimate of drug-likeness (QED) is 0.910. The van der Waals surface area contributed by atoms with Gasteiger partial charge in [0.2, 0.25) is 0 Å². The minimum absolute atomic E-state index is 0.100. The fourth-order valence-corrected chi connectivity index (χ4v) is 3.04. The highest BCUT2D eigenvalue weighted by atomic mass is 35.5. The minimum atomic E-state index is -3.93. The van der Waals surface area contributed by atoms with E-state index in [4.69, 9.17) is 23.2 Å². The zero-order valence-corrected chi connectivity index (χ0v) is 11.8. The van der Waals surface area contributed by atoms with Crippen molar-refractivity contribution < 1.29 is 13.5 Å². The van der Waals surface area contributed by atoms with E-state index in [9.17, 15) is 13.5 Å². The van der Waals surface area contributed by atoms with Gasteiger partial charge in [-0.3, -0.25) is 4.72 Å². The average molecular weight is 318 g/mol. The number of halogens is 2. The SMILES string of the molecule is O=S(=O)(Nc1cccc(Cl)c1Cl)c1ccccc1O. The van der Waals surface area contributed by atoms with Gasteiger partial charge in [-0.1, -0.05) is 41.4 Å². The molecule has 0 aromatic heterocycles. The first-order valence-electron chi connectivity index (χ1n) is 5.16. The number of phenols is 1. The molecule has 0 aliphatic rings. The number of anilines is 1. The number of sulfonamides is 1. The number of benzene rings is 2. The number of para-hydroxylation sites is 1. The summed E-state index contributed by atoms with van der Waals surface area (Å²) in [6.45, 7) is 0. The van der Waals surface area contributed by atoms with Crippen LogP contribution in [-0.2, 0) is 10.0 Å². The van der Waals surface area contributed by atoms with E-state index in [0.29, 0.717) is 0 Å². The third kappa shape index (κ3) is 2.94. The number of nitrogens with one attached hydrogen (secondary N) is 1. The van der Waals surface area contributed by atoms with Crippen LogP contribution in [0.15, 0.2) is 47.4 Å². The Bertz CT molecular complexity index is 717. The smallest absolute Gasteiger partial charge is 0.265 e. The lowest BCUT2D eigenvalue weighted by atomic mass is 10.3. The molecule has 0 fully saturated rings. The van der Waals surface area contributed by atoms with Crippen molar-refractivity contribution in [3.05, 3.63) is 52.5 Å². The molecule has 19 heavy (non-hydrogen) atoms. The van der Waals surface area contributed by atoms with Gasteiger partial charge in [-0.25, -0.2) is 8.42 Å². The molecule has 2 N–H and O–H groups in total. The van der Waals surface area contributed by atoms with Crippen LogP contribution in [0, 0.1) is 0 Å². The molecule has 0 aliphatic carbocycles. The van der Waals surface area contributed by atoms with E-state index in [2.05, 4.69) is 4.72 Å². The first kappa shape index (κ1) is 14.0. The Balaban J connectivity index is 2.43. The Kier molecular flexibility index (Phi) is 3.89. The predicted octanol–water partition coefficient (Wildman–Crippen LogP) is 3.50. The largest absolute Gasteiger partial charge is 0.507 e. The van der Waals surface area contributed by atoms with Crippen molar-refractivity contribution in [2.45, 2.75) is 4.90 Å². The molecular formula is C12H9Cl2NO3S. The van der Waals surface area contributed by atoms with Crippen LogP contribution in [0.5, 0.6) is 5.75 Å². The van der Waals surface area contributed by atoms with Crippen molar-refractivity contribution in [1.29, 1.82) is 0 Å². The molecule has 2 aromatic rings. The molecule has 2 aromatic carbocycles. The standard InChI is InChI=1S/C12H9Cl2NO3S/c13-8-4-3-5-9(12(8)14)15-19(17,18)11-7-2-1-6-10(11)16/h1-7,15-16H. The van der Waals surface area contributed by atoms with Crippen molar-refractivity contribution >= 4 is 38.9 Å². The van der Waals surface area contributed by atoms with Crippen LogP contribution in [0.25, 0.3) is 0 Å². The third-order valence-corrected chi connectivity index (χ3v) is 4.58. The Hall–Kier alpha value is -1.43. The maximum atomic E-state index is 12.1. The molecule has 0 spiro atoms. The van der Waals surface area contributed by atoms with Crippen molar-refractivity contribution in [3.63, 3.8) is 0 Å². The normalized spacial score (nSPS) is 11.3. The minimum Gasteiger partial charge on any atom is -0.507 e. The molecule has 2 rings (SSSR count). The van der Waals surface area contributed by atoms with Crippen molar-refractivity contribution in [1.82, 2.24) is 0 Å². The number of rotatable bonds is 3. The maximum Gasteiger partial charge on any atom is 0.265 e. The zero-order valence-electron chi connectivity index (χ0n) is 9.47. The average Bonchev–Trinajstić information content (AvgIpc) is 2.35. The number of hydrogen-bond donors (Lipinski definition) is 2. The van der Waals surface area contributed by atoms with Gasteiger partial charge in [0.15, 0.2) is 0 Å². The van der Waals surface area contributed by atoms with E-state index in [0.717, 1.165) is 0 Å². The van der Waals surface area contributed by atoms with Crippen LogP contribution in [0.3, 0.4) is 0 Å². The lowest BCUT2D eigenvalue weighted by Gasteiger charge is -2.11.